The molecule has 0 aliphatic rings. The minimum atomic E-state index is 0.0728. The van der Waals surface area contributed by atoms with Crippen LogP contribution in [0.25, 0.3) is 0 Å². The normalized spacial score (nSPS) is 10.8. The van der Waals surface area contributed by atoms with E-state index in [1.807, 2.05) is 12.1 Å². The molecule has 0 saturated heterocycles. The van der Waals surface area contributed by atoms with Gasteiger partial charge in [0.05, 0.1) is 5.02 Å². The molecule has 2 aromatic carbocycles. The van der Waals surface area contributed by atoms with E-state index in [0.29, 0.717) is 23.0 Å². The number of aromatic hydroxyl groups is 1. The summed E-state index contributed by atoms with van der Waals surface area (Å²) in [6.45, 7) is 4.77. The fourth-order valence-electron chi connectivity index (χ4n) is 1.96. The number of rotatable bonds is 4. The number of benzene rings is 2. The Balaban J connectivity index is 2.15. The first kappa shape index (κ1) is 15.0. The van der Waals surface area contributed by atoms with Gasteiger partial charge in [-0.05, 0) is 35.7 Å². The van der Waals surface area contributed by atoms with Gasteiger partial charge in [-0.3, -0.25) is 0 Å². The monoisotopic (exact) mass is 309 g/mol. The van der Waals surface area contributed by atoms with Crippen LogP contribution in [0.15, 0.2) is 36.4 Å². The summed E-state index contributed by atoms with van der Waals surface area (Å²) < 4.78 is 0. The molecule has 0 heterocycles. The van der Waals surface area contributed by atoms with Crippen molar-refractivity contribution in [3.63, 3.8) is 0 Å². The van der Waals surface area contributed by atoms with Gasteiger partial charge >= 0.3 is 0 Å². The van der Waals surface area contributed by atoms with Gasteiger partial charge < -0.3 is 10.4 Å². The van der Waals surface area contributed by atoms with E-state index in [1.165, 1.54) is 11.6 Å². The highest BCUT2D eigenvalue weighted by atomic mass is 35.5. The molecule has 0 fully saturated rings. The van der Waals surface area contributed by atoms with E-state index in [2.05, 4.69) is 31.3 Å². The Morgan fingerprint density at radius 2 is 1.90 bits per heavy atom. The molecule has 0 aliphatic carbocycles. The van der Waals surface area contributed by atoms with E-state index in [-0.39, 0.29) is 10.8 Å². The van der Waals surface area contributed by atoms with Gasteiger partial charge in [-0.25, -0.2) is 0 Å². The highest BCUT2D eigenvalue weighted by Crippen LogP contribution is 2.31. The molecule has 0 aliphatic heterocycles. The predicted octanol–water partition coefficient (Wildman–Crippen LogP) is 5.43. The summed E-state index contributed by atoms with van der Waals surface area (Å²) in [6, 6.07) is 11.5. The molecule has 0 spiro atoms. The quantitative estimate of drug-likeness (QED) is 0.788. The molecule has 0 aromatic heterocycles. The van der Waals surface area contributed by atoms with Crippen molar-refractivity contribution in [3.05, 3.63) is 57.6 Å². The van der Waals surface area contributed by atoms with Gasteiger partial charge in [-0.15, -0.1) is 0 Å². The smallest absolute Gasteiger partial charge is 0.139 e. The first-order valence-electron chi connectivity index (χ1n) is 6.48. The van der Waals surface area contributed by atoms with E-state index in [1.54, 1.807) is 6.07 Å². The van der Waals surface area contributed by atoms with Crippen molar-refractivity contribution in [2.24, 2.45) is 0 Å². The first-order chi connectivity index (χ1) is 9.47. The molecule has 2 N–H and O–H groups in total. The lowest BCUT2D eigenvalue weighted by atomic mass is 10.0. The SMILES string of the molecule is CC(C)c1cccc(NCc2cc(Cl)cc(Cl)c2O)c1. The van der Waals surface area contributed by atoms with Gasteiger partial charge in [0.2, 0.25) is 0 Å². The Hall–Kier alpha value is -1.38. The predicted molar refractivity (Wildman–Crippen MR) is 86.0 cm³/mol. The number of nitrogens with one attached hydrogen (secondary N) is 1. The zero-order valence-electron chi connectivity index (χ0n) is 11.5. The largest absolute Gasteiger partial charge is 0.506 e. The molecule has 0 amide bonds. The van der Waals surface area contributed by atoms with Crippen molar-refractivity contribution in [1.29, 1.82) is 0 Å². The van der Waals surface area contributed by atoms with Gasteiger partial charge in [0.1, 0.15) is 5.75 Å². The summed E-state index contributed by atoms with van der Waals surface area (Å²) in [5, 5.41) is 14.0. The molecular weight excluding hydrogens is 293 g/mol. The van der Waals surface area contributed by atoms with Crippen LogP contribution in [0.4, 0.5) is 5.69 Å². The van der Waals surface area contributed by atoms with Gasteiger partial charge in [-0.2, -0.15) is 0 Å². The Morgan fingerprint density at radius 1 is 1.15 bits per heavy atom. The Kier molecular flexibility index (Phi) is 4.79. The average molecular weight is 310 g/mol. The summed E-state index contributed by atoms with van der Waals surface area (Å²) >= 11 is 11.9. The maximum Gasteiger partial charge on any atom is 0.139 e. The number of anilines is 1. The van der Waals surface area contributed by atoms with Crippen LogP contribution in [0.5, 0.6) is 5.75 Å². The second-order valence-electron chi connectivity index (χ2n) is 5.03. The standard InChI is InChI=1S/C16H17Cl2NO/c1-10(2)11-4-3-5-14(7-11)19-9-12-6-13(17)8-15(18)16(12)20/h3-8,10,19-20H,9H2,1-2H3. The lowest BCUT2D eigenvalue weighted by Gasteiger charge is -2.12. The second kappa shape index (κ2) is 6.38. The molecule has 0 bridgehead atoms. The summed E-state index contributed by atoms with van der Waals surface area (Å²) in [6.07, 6.45) is 0. The number of hydrogen-bond donors (Lipinski definition) is 2. The zero-order chi connectivity index (χ0) is 14.7. The third kappa shape index (κ3) is 3.59. The molecule has 0 saturated carbocycles. The summed E-state index contributed by atoms with van der Waals surface area (Å²) in [5.41, 5.74) is 2.95. The molecule has 0 atom stereocenters. The minimum absolute atomic E-state index is 0.0728. The third-order valence-electron chi connectivity index (χ3n) is 3.14. The Labute approximate surface area is 129 Å². The van der Waals surface area contributed by atoms with Crippen LogP contribution in [-0.2, 0) is 6.54 Å². The lowest BCUT2D eigenvalue weighted by Crippen LogP contribution is -2.01. The van der Waals surface area contributed by atoms with Gasteiger partial charge in [0.15, 0.2) is 0 Å². The fraction of sp³-hybridized carbons (Fsp3) is 0.250. The highest BCUT2D eigenvalue weighted by molar-refractivity contribution is 6.35. The van der Waals surface area contributed by atoms with Gasteiger partial charge in [0, 0.05) is 22.8 Å². The van der Waals surface area contributed by atoms with Crippen LogP contribution < -0.4 is 5.32 Å². The summed E-state index contributed by atoms with van der Waals surface area (Å²) in [4.78, 5) is 0. The molecule has 0 radical (unpaired) electrons. The number of hydrogen-bond acceptors (Lipinski definition) is 2. The minimum Gasteiger partial charge on any atom is -0.506 e. The van der Waals surface area contributed by atoms with E-state index in [9.17, 15) is 5.11 Å². The lowest BCUT2D eigenvalue weighted by molar-refractivity contribution is 0.469. The van der Waals surface area contributed by atoms with Crippen LogP contribution in [0.1, 0.15) is 30.9 Å². The maximum absolute atomic E-state index is 9.91. The average Bonchev–Trinajstić information content (AvgIpc) is 2.41. The molecule has 0 unspecified atom stereocenters. The molecule has 4 heteroatoms. The van der Waals surface area contributed by atoms with Gasteiger partial charge in [-0.1, -0.05) is 49.2 Å². The topological polar surface area (TPSA) is 32.3 Å². The second-order valence-corrected chi connectivity index (χ2v) is 5.87. The molecule has 2 aromatic rings. The molecule has 2 rings (SSSR count). The first-order valence-corrected chi connectivity index (χ1v) is 7.23. The van der Waals surface area contributed by atoms with Crippen LogP contribution in [0, 0.1) is 0 Å². The number of halogens is 2. The van der Waals surface area contributed by atoms with Crippen LogP contribution in [0.2, 0.25) is 10.0 Å². The van der Waals surface area contributed by atoms with Crippen molar-refractivity contribution in [2.45, 2.75) is 26.3 Å². The number of phenols is 1. The Morgan fingerprint density at radius 3 is 2.60 bits per heavy atom. The van der Waals surface area contributed by atoms with Crippen molar-refractivity contribution in [1.82, 2.24) is 0 Å². The summed E-state index contributed by atoms with van der Waals surface area (Å²) in [5.74, 6) is 0.550. The molecular formula is C16H17Cl2NO. The van der Waals surface area contributed by atoms with E-state index in [4.69, 9.17) is 23.2 Å². The van der Waals surface area contributed by atoms with E-state index in [0.717, 1.165) is 5.69 Å². The fourth-order valence-corrected chi connectivity index (χ4v) is 2.49. The Bertz CT molecular complexity index is 611. The van der Waals surface area contributed by atoms with Crippen LogP contribution in [0.3, 0.4) is 0 Å². The summed E-state index contributed by atoms with van der Waals surface area (Å²) in [7, 11) is 0. The van der Waals surface area contributed by atoms with Crippen molar-refractivity contribution in [3.8, 4) is 5.75 Å². The third-order valence-corrected chi connectivity index (χ3v) is 3.65. The molecule has 20 heavy (non-hydrogen) atoms. The van der Waals surface area contributed by atoms with E-state index < -0.39 is 0 Å². The molecule has 106 valence electrons. The van der Waals surface area contributed by atoms with E-state index >= 15 is 0 Å². The maximum atomic E-state index is 9.91. The highest BCUT2D eigenvalue weighted by Gasteiger charge is 2.08. The zero-order valence-corrected chi connectivity index (χ0v) is 13.0. The number of phenolic OH excluding ortho intramolecular Hbond substituents is 1. The van der Waals surface area contributed by atoms with Crippen LogP contribution >= 0.6 is 23.2 Å². The molecule has 2 nitrogen and oxygen atoms in total. The van der Waals surface area contributed by atoms with Crippen LogP contribution in [-0.4, -0.2) is 5.11 Å². The van der Waals surface area contributed by atoms with Crippen molar-refractivity contribution >= 4 is 28.9 Å². The van der Waals surface area contributed by atoms with Crippen molar-refractivity contribution in [2.75, 3.05) is 5.32 Å². The van der Waals surface area contributed by atoms with Crippen molar-refractivity contribution < 1.29 is 5.11 Å². The van der Waals surface area contributed by atoms with Gasteiger partial charge in [0.25, 0.3) is 0 Å².